The van der Waals surface area contributed by atoms with Crippen molar-refractivity contribution in [1.29, 1.82) is 0 Å². The molecule has 0 unspecified atom stereocenters. The van der Waals surface area contributed by atoms with Crippen LogP contribution in [0, 0.1) is 5.82 Å². The Hall–Kier alpha value is -1.94. The zero-order chi connectivity index (χ0) is 15.2. The van der Waals surface area contributed by atoms with E-state index in [2.05, 4.69) is 9.88 Å². The Balaban J connectivity index is 1.54. The van der Waals surface area contributed by atoms with Gasteiger partial charge in [0.05, 0.1) is 0 Å². The lowest BCUT2D eigenvalue weighted by Crippen LogP contribution is -2.33. The molecule has 116 valence electrons. The van der Waals surface area contributed by atoms with Crippen LogP contribution in [0.15, 0.2) is 42.6 Å². The van der Waals surface area contributed by atoms with Crippen LogP contribution in [0.3, 0.4) is 0 Å². The highest BCUT2D eigenvalue weighted by atomic mass is 19.1. The van der Waals surface area contributed by atoms with Crippen LogP contribution in [0.25, 0.3) is 11.1 Å². The number of halogens is 1. The van der Waals surface area contributed by atoms with Gasteiger partial charge in [0.25, 0.3) is 0 Å². The Morgan fingerprint density at radius 2 is 1.86 bits per heavy atom. The number of nitrogens with zero attached hydrogens (tertiary/aromatic N) is 2. The van der Waals surface area contributed by atoms with E-state index in [9.17, 15) is 4.39 Å². The number of aromatic nitrogens is 1. The molecule has 1 aliphatic rings. The van der Waals surface area contributed by atoms with Crippen LogP contribution < -0.4 is 4.74 Å². The molecule has 2 aromatic rings. The Labute approximate surface area is 130 Å². The van der Waals surface area contributed by atoms with Gasteiger partial charge >= 0.3 is 0 Å². The SMILES string of the molecule is Fc1ccccc1-c1ccc(OCCN2CCCCC2)nc1. The number of benzene rings is 1. The molecule has 1 saturated heterocycles. The first kappa shape index (κ1) is 15.0. The number of rotatable bonds is 5. The fraction of sp³-hybridized carbons (Fsp3) is 0.389. The molecule has 3 nitrogen and oxygen atoms in total. The molecular weight excluding hydrogens is 279 g/mol. The van der Waals surface area contributed by atoms with Crippen LogP contribution in [0.1, 0.15) is 19.3 Å². The molecule has 0 amide bonds. The number of likely N-dealkylation sites (tertiary alicyclic amines) is 1. The van der Waals surface area contributed by atoms with E-state index >= 15 is 0 Å². The van der Waals surface area contributed by atoms with Crippen molar-refractivity contribution in [1.82, 2.24) is 9.88 Å². The summed E-state index contributed by atoms with van der Waals surface area (Å²) in [7, 11) is 0. The maximum absolute atomic E-state index is 13.7. The van der Waals surface area contributed by atoms with E-state index in [1.54, 1.807) is 24.4 Å². The summed E-state index contributed by atoms with van der Waals surface area (Å²) in [4.78, 5) is 6.70. The standard InChI is InChI=1S/C18H21FN2O/c19-17-7-3-2-6-16(17)15-8-9-18(20-14-15)22-13-12-21-10-4-1-5-11-21/h2-3,6-9,14H,1,4-5,10-13H2. The van der Waals surface area contributed by atoms with E-state index < -0.39 is 0 Å². The van der Waals surface area contributed by atoms with Gasteiger partial charge in [0.2, 0.25) is 5.88 Å². The Kier molecular flexibility index (Phi) is 5.01. The normalized spacial score (nSPS) is 15.7. The summed E-state index contributed by atoms with van der Waals surface area (Å²) in [6.07, 6.45) is 5.58. The van der Waals surface area contributed by atoms with Crippen LogP contribution in [-0.4, -0.2) is 36.1 Å². The van der Waals surface area contributed by atoms with Crippen molar-refractivity contribution < 1.29 is 9.13 Å². The van der Waals surface area contributed by atoms with E-state index in [4.69, 9.17) is 4.74 Å². The lowest BCUT2D eigenvalue weighted by molar-refractivity contribution is 0.180. The topological polar surface area (TPSA) is 25.4 Å². The van der Waals surface area contributed by atoms with Gasteiger partial charge in [0.15, 0.2) is 0 Å². The van der Waals surface area contributed by atoms with Gasteiger partial charge in [0.1, 0.15) is 12.4 Å². The quantitative estimate of drug-likeness (QED) is 0.841. The summed E-state index contributed by atoms with van der Waals surface area (Å²) >= 11 is 0. The summed E-state index contributed by atoms with van der Waals surface area (Å²) < 4.78 is 19.4. The molecule has 4 heteroatoms. The lowest BCUT2D eigenvalue weighted by atomic mass is 10.1. The highest BCUT2D eigenvalue weighted by molar-refractivity contribution is 5.63. The minimum absolute atomic E-state index is 0.233. The fourth-order valence-electron chi connectivity index (χ4n) is 2.78. The van der Waals surface area contributed by atoms with E-state index in [0.717, 1.165) is 12.1 Å². The van der Waals surface area contributed by atoms with Crippen molar-refractivity contribution in [3.63, 3.8) is 0 Å². The third-order valence-electron chi connectivity index (χ3n) is 4.03. The molecule has 1 aromatic heterocycles. The summed E-state index contributed by atoms with van der Waals surface area (Å²) in [6, 6.07) is 10.4. The average Bonchev–Trinajstić information content (AvgIpc) is 2.57. The minimum Gasteiger partial charge on any atom is -0.476 e. The highest BCUT2D eigenvalue weighted by Crippen LogP contribution is 2.23. The zero-order valence-electron chi connectivity index (χ0n) is 12.7. The molecule has 1 fully saturated rings. The molecular formula is C18H21FN2O. The number of ether oxygens (including phenoxy) is 1. The molecule has 22 heavy (non-hydrogen) atoms. The van der Waals surface area contributed by atoms with Gasteiger partial charge in [0, 0.05) is 29.9 Å². The van der Waals surface area contributed by atoms with Crippen molar-refractivity contribution >= 4 is 0 Å². The fourth-order valence-corrected chi connectivity index (χ4v) is 2.78. The molecule has 0 bridgehead atoms. The van der Waals surface area contributed by atoms with Crippen molar-refractivity contribution in [3.05, 3.63) is 48.4 Å². The van der Waals surface area contributed by atoms with Crippen molar-refractivity contribution in [2.45, 2.75) is 19.3 Å². The zero-order valence-corrected chi connectivity index (χ0v) is 12.7. The molecule has 0 aliphatic carbocycles. The number of hydrogen-bond acceptors (Lipinski definition) is 3. The van der Waals surface area contributed by atoms with Crippen LogP contribution in [0.2, 0.25) is 0 Å². The van der Waals surface area contributed by atoms with Gasteiger partial charge in [-0.2, -0.15) is 0 Å². The summed E-state index contributed by atoms with van der Waals surface area (Å²) in [6.45, 7) is 3.93. The first-order valence-electron chi connectivity index (χ1n) is 7.89. The Morgan fingerprint density at radius 1 is 1.05 bits per heavy atom. The van der Waals surface area contributed by atoms with Gasteiger partial charge in [-0.15, -0.1) is 0 Å². The second-order valence-electron chi connectivity index (χ2n) is 5.62. The molecule has 3 rings (SSSR count). The van der Waals surface area contributed by atoms with Crippen molar-refractivity contribution in [3.8, 4) is 17.0 Å². The smallest absolute Gasteiger partial charge is 0.213 e. The van der Waals surface area contributed by atoms with Gasteiger partial charge < -0.3 is 4.74 Å². The monoisotopic (exact) mass is 300 g/mol. The summed E-state index contributed by atoms with van der Waals surface area (Å²) in [5.74, 6) is 0.361. The van der Waals surface area contributed by atoms with Crippen LogP contribution in [0.5, 0.6) is 5.88 Å². The predicted octanol–water partition coefficient (Wildman–Crippen LogP) is 3.75. The second-order valence-corrected chi connectivity index (χ2v) is 5.62. The van der Waals surface area contributed by atoms with E-state index in [-0.39, 0.29) is 5.82 Å². The van der Waals surface area contributed by atoms with Gasteiger partial charge in [-0.3, -0.25) is 4.90 Å². The van der Waals surface area contributed by atoms with E-state index in [1.165, 1.54) is 38.4 Å². The molecule has 0 spiro atoms. The maximum Gasteiger partial charge on any atom is 0.213 e. The molecule has 0 radical (unpaired) electrons. The maximum atomic E-state index is 13.7. The Morgan fingerprint density at radius 3 is 2.59 bits per heavy atom. The van der Waals surface area contributed by atoms with E-state index in [1.807, 2.05) is 12.1 Å². The van der Waals surface area contributed by atoms with Crippen molar-refractivity contribution in [2.75, 3.05) is 26.2 Å². The number of pyridine rings is 1. The predicted molar refractivity (Wildman–Crippen MR) is 85.4 cm³/mol. The first-order valence-corrected chi connectivity index (χ1v) is 7.89. The first-order chi connectivity index (χ1) is 10.8. The second kappa shape index (κ2) is 7.36. The van der Waals surface area contributed by atoms with Gasteiger partial charge in [-0.05, 0) is 38.1 Å². The van der Waals surface area contributed by atoms with Gasteiger partial charge in [-0.25, -0.2) is 9.37 Å². The molecule has 2 heterocycles. The highest BCUT2D eigenvalue weighted by Gasteiger charge is 2.10. The lowest BCUT2D eigenvalue weighted by Gasteiger charge is -2.26. The third-order valence-corrected chi connectivity index (χ3v) is 4.03. The Bertz CT molecular complexity index is 594. The number of piperidine rings is 1. The molecule has 1 aliphatic heterocycles. The van der Waals surface area contributed by atoms with Crippen LogP contribution >= 0.6 is 0 Å². The van der Waals surface area contributed by atoms with Crippen LogP contribution in [-0.2, 0) is 0 Å². The molecule has 1 aromatic carbocycles. The summed E-state index contributed by atoms with van der Waals surface area (Å²) in [5, 5.41) is 0. The van der Waals surface area contributed by atoms with Crippen molar-refractivity contribution in [2.24, 2.45) is 0 Å². The minimum atomic E-state index is -0.233. The summed E-state index contributed by atoms with van der Waals surface area (Å²) in [5.41, 5.74) is 1.33. The number of hydrogen-bond donors (Lipinski definition) is 0. The third kappa shape index (κ3) is 3.83. The molecule has 0 saturated carbocycles. The van der Waals surface area contributed by atoms with Gasteiger partial charge in [-0.1, -0.05) is 24.6 Å². The van der Waals surface area contributed by atoms with Crippen LogP contribution in [0.4, 0.5) is 4.39 Å². The molecule has 0 N–H and O–H groups in total. The average molecular weight is 300 g/mol. The molecule has 0 atom stereocenters. The van der Waals surface area contributed by atoms with E-state index in [0.29, 0.717) is 18.1 Å². The largest absolute Gasteiger partial charge is 0.476 e.